The van der Waals surface area contributed by atoms with Gasteiger partial charge in [-0.3, -0.25) is 9.80 Å². The Morgan fingerprint density at radius 1 is 1.31 bits per heavy atom. The van der Waals surface area contributed by atoms with Crippen molar-refractivity contribution in [3.63, 3.8) is 0 Å². The lowest BCUT2D eigenvalue weighted by molar-refractivity contribution is -0.103. The molecule has 0 aliphatic carbocycles. The molecule has 0 aromatic heterocycles. The van der Waals surface area contributed by atoms with E-state index in [0.717, 1.165) is 0 Å². The second-order valence-corrected chi connectivity index (χ2v) is 7.98. The van der Waals surface area contributed by atoms with Gasteiger partial charge in [-0.25, -0.2) is 18.0 Å². The molecule has 2 saturated heterocycles. The third-order valence-corrected chi connectivity index (χ3v) is 5.98. The van der Waals surface area contributed by atoms with E-state index >= 15 is 0 Å². The number of alkyl halides is 2. The summed E-state index contributed by atoms with van der Waals surface area (Å²) in [5, 5.41) is 0. The molecule has 0 saturated carbocycles. The molecular weight excluding hydrogens is 381 g/mol. The van der Waals surface area contributed by atoms with Crippen molar-refractivity contribution >= 4 is 17.6 Å². The molecular formula is C21H23F3N4O. The first-order chi connectivity index (χ1) is 13.8. The van der Waals surface area contributed by atoms with Crippen LogP contribution in [-0.4, -0.2) is 65.3 Å². The van der Waals surface area contributed by atoms with Crippen molar-refractivity contribution in [1.29, 1.82) is 0 Å². The predicted octanol–water partition coefficient (Wildman–Crippen LogP) is 3.36. The summed E-state index contributed by atoms with van der Waals surface area (Å²) in [6.07, 6.45) is 1.04. The molecule has 2 unspecified atom stereocenters. The Morgan fingerprint density at radius 2 is 2.07 bits per heavy atom. The number of anilines is 1. The summed E-state index contributed by atoms with van der Waals surface area (Å²) in [7, 11) is 0. The molecule has 4 rings (SSSR count). The number of halogens is 3. The van der Waals surface area contributed by atoms with E-state index in [9.17, 15) is 18.0 Å². The summed E-state index contributed by atoms with van der Waals surface area (Å²) < 4.78 is 41.1. The Bertz CT molecular complexity index is 914. The number of benzene rings is 1. The first kappa shape index (κ1) is 19.8. The smallest absolute Gasteiger partial charge is 0.346 e. The minimum Gasteiger partial charge on any atom is -0.346 e. The number of carbonyl (C=O) groups is 1. The topological polar surface area (TPSA) is 39.1 Å². The SMILES string of the molecule is CC#CCN1CCC2(CC1C)C(N1CC(F)(F)C1)=NC(=O)N2c1cccc(F)c1. The van der Waals surface area contributed by atoms with E-state index in [1.807, 2.05) is 6.92 Å². The number of rotatable bonds is 2. The van der Waals surface area contributed by atoms with Crippen LogP contribution in [0.1, 0.15) is 26.7 Å². The molecule has 29 heavy (non-hydrogen) atoms. The highest BCUT2D eigenvalue weighted by Gasteiger charge is 2.58. The number of carbonyl (C=O) groups excluding carboxylic acids is 1. The standard InChI is InChI=1S/C21H23F3N4O/c1-3-4-9-26-10-8-20(12-15(26)2)18(27-13-21(23,24)14-27)25-19(29)28(20)17-7-5-6-16(22)11-17/h5-7,11,15H,8-10,12-14H2,1-2H3. The quantitative estimate of drug-likeness (QED) is 0.710. The molecule has 0 radical (unpaired) electrons. The first-order valence-corrected chi connectivity index (χ1v) is 9.71. The minimum atomic E-state index is -2.78. The Kier molecular flexibility index (Phi) is 4.82. The van der Waals surface area contributed by atoms with Crippen LogP contribution in [0.5, 0.6) is 0 Å². The molecule has 1 aromatic carbocycles. The number of hydrogen-bond acceptors (Lipinski definition) is 3. The van der Waals surface area contributed by atoms with E-state index < -0.39 is 36.4 Å². The number of urea groups is 1. The van der Waals surface area contributed by atoms with Crippen molar-refractivity contribution in [2.45, 2.75) is 44.2 Å². The van der Waals surface area contributed by atoms with Crippen molar-refractivity contribution in [3.8, 4) is 11.8 Å². The number of piperidine rings is 1. The zero-order valence-corrected chi connectivity index (χ0v) is 16.5. The van der Waals surface area contributed by atoms with E-state index in [-0.39, 0.29) is 6.04 Å². The molecule has 2 atom stereocenters. The van der Waals surface area contributed by atoms with Gasteiger partial charge in [0.1, 0.15) is 17.2 Å². The summed E-state index contributed by atoms with van der Waals surface area (Å²) in [5.41, 5.74) is -0.466. The Balaban J connectivity index is 1.71. The largest absolute Gasteiger partial charge is 0.350 e. The van der Waals surface area contributed by atoms with Crippen LogP contribution in [0.3, 0.4) is 0 Å². The molecule has 154 valence electrons. The molecule has 1 spiro atoms. The zero-order chi connectivity index (χ0) is 20.8. The lowest BCUT2D eigenvalue weighted by Crippen LogP contribution is -2.68. The highest BCUT2D eigenvalue weighted by Crippen LogP contribution is 2.44. The van der Waals surface area contributed by atoms with E-state index in [1.54, 1.807) is 13.0 Å². The fourth-order valence-corrected chi connectivity index (χ4v) is 4.62. The van der Waals surface area contributed by atoms with Gasteiger partial charge in [0.25, 0.3) is 5.92 Å². The van der Waals surface area contributed by atoms with Crippen LogP contribution in [0, 0.1) is 17.7 Å². The maximum Gasteiger partial charge on any atom is 0.350 e. The molecule has 2 fully saturated rings. The Hall–Kier alpha value is -2.53. The average molecular weight is 404 g/mol. The van der Waals surface area contributed by atoms with E-state index in [2.05, 4.69) is 21.7 Å². The fourth-order valence-electron chi connectivity index (χ4n) is 4.62. The van der Waals surface area contributed by atoms with Crippen LogP contribution in [0.2, 0.25) is 0 Å². The van der Waals surface area contributed by atoms with Crippen LogP contribution >= 0.6 is 0 Å². The van der Waals surface area contributed by atoms with Crippen LogP contribution in [0.15, 0.2) is 29.3 Å². The second-order valence-electron chi connectivity index (χ2n) is 7.98. The summed E-state index contributed by atoms with van der Waals surface area (Å²) in [4.78, 5) is 22.3. The minimum absolute atomic E-state index is 0.0542. The number of nitrogens with zero attached hydrogens (tertiary/aromatic N) is 4. The van der Waals surface area contributed by atoms with Gasteiger partial charge in [-0.05, 0) is 44.9 Å². The maximum absolute atomic E-state index is 13.9. The average Bonchev–Trinajstić information content (AvgIpc) is 2.90. The first-order valence-electron chi connectivity index (χ1n) is 9.71. The van der Waals surface area contributed by atoms with Crippen molar-refractivity contribution in [3.05, 3.63) is 30.1 Å². The van der Waals surface area contributed by atoms with Gasteiger partial charge in [-0.15, -0.1) is 5.92 Å². The molecule has 0 N–H and O–H groups in total. The lowest BCUT2D eigenvalue weighted by Gasteiger charge is -2.52. The van der Waals surface area contributed by atoms with E-state index in [0.29, 0.717) is 37.5 Å². The van der Waals surface area contributed by atoms with Gasteiger partial charge >= 0.3 is 6.03 Å². The maximum atomic E-state index is 13.9. The normalized spacial score (nSPS) is 28.8. The zero-order valence-electron chi connectivity index (χ0n) is 16.5. The third kappa shape index (κ3) is 3.38. The molecule has 8 heteroatoms. The summed E-state index contributed by atoms with van der Waals surface area (Å²) >= 11 is 0. The number of hydrogen-bond donors (Lipinski definition) is 0. The lowest BCUT2D eigenvalue weighted by atomic mass is 9.80. The second kappa shape index (κ2) is 7.06. The highest BCUT2D eigenvalue weighted by atomic mass is 19.3. The van der Waals surface area contributed by atoms with Crippen LogP contribution in [0.4, 0.5) is 23.7 Å². The van der Waals surface area contributed by atoms with E-state index in [4.69, 9.17) is 0 Å². The summed E-state index contributed by atoms with van der Waals surface area (Å²) in [6.45, 7) is 4.17. The van der Waals surface area contributed by atoms with Crippen molar-refractivity contribution in [2.75, 3.05) is 31.1 Å². The van der Waals surface area contributed by atoms with Gasteiger partial charge in [-0.2, -0.15) is 4.99 Å². The number of likely N-dealkylation sites (tertiary alicyclic amines) is 2. The summed E-state index contributed by atoms with van der Waals surface area (Å²) in [6, 6.07) is 5.32. The monoisotopic (exact) mass is 404 g/mol. The van der Waals surface area contributed by atoms with Crippen LogP contribution < -0.4 is 4.90 Å². The fraction of sp³-hybridized carbons (Fsp3) is 0.524. The van der Waals surface area contributed by atoms with Crippen molar-refractivity contribution < 1.29 is 18.0 Å². The van der Waals surface area contributed by atoms with Crippen LogP contribution in [0.25, 0.3) is 0 Å². The van der Waals surface area contributed by atoms with Crippen LogP contribution in [-0.2, 0) is 0 Å². The van der Waals surface area contributed by atoms with E-state index in [1.165, 1.54) is 28.0 Å². The van der Waals surface area contributed by atoms with Gasteiger partial charge in [0, 0.05) is 18.3 Å². The highest BCUT2D eigenvalue weighted by molar-refractivity contribution is 6.16. The molecule has 1 aromatic rings. The molecule has 3 heterocycles. The van der Waals surface area contributed by atoms with Gasteiger partial charge < -0.3 is 4.90 Å². The Morgan fingerprint density at radius 3 is 2.69 bits per heavy atom. The molecule has 3 aliphatic rings. The van der Waals surface area contributed by atoms with Gasteiger partial charge in [-0.1, -0.05) is 12.0 Å². The van der Waals surface area contributed by atoms with Crippen molar-refractivity contribution in [2.24, 2.45) is 4.99 Å². The predicted molar refractivity (Wildman–Crippen MR) is 105 cm³/mol. The number of aliphatic imine (C=N–C) groups is 1. The third-order valence-electron chi connectivity index (χ3n) is 5.98. The van der Waals surface area contributed by atoms with Crippen molar-refractivity contribution in [1.82, 2.24) is 9.80 Å². The number of amides is 2. The summed E-state index contributed by atoms with van der Waals surface area (Å²) in [5.74, 6) is 3.09. The molecule has 3 aliphatic heterocycles. The van der Waals surface area contributed by atoms with Gasteiger partial charge in [0.2, 0.25) is 0 Å². The molecule has 2 amide bonds. The number of amidine groups is 1. The molecule has 0 bridgehead atoms. The Labute approximate surface area is 168 Å². The van der Waals surface area contributed by atoms with Gasteiger partial charge in [0.15, 0.2) is 0 Å². The van der Waals surface area contributed by atoms with Gasteiger partial charge in [0.05, 0.1) is 19.6 Å². The molecule has 5 nitrogen and oxygen atoms in total.